The third-order valence-electron chi connectivity index (χ3n) is 4.86. The number of hydrogen-bond acceptors (Lipinski definition) is 6. The van der Waals surface area contributed by atoms with Crippen LogP contribution in [0.2, 0.25) is 0 Å². The van der Waals surface area contributed by atoms with Gasteiger partial charge in [-0.25, -0.2) is 0 Å². The summed E-state index contributed by atoms with van der Waals surface area (Å²) in [5.74, 6) is 1.81. The van der Waals surface area contributed by atoms with Crippen molar-refractivity contribution in [1.29, 1.82) is 0 Å². The van der Waals surface area contributed by atoms with Crippen molar-refractivity contribution in [3.63, 3.8) is 0 Å². The molecule has 1 aromatic carbocycles. The molecule has 2 fully saturated rings. The van der Waals surface area contributed by atoms with Gasteiger partial charge in [-0.15, -0.1) is 0 Å². The Labute approximate surface area is 149 Å². The van der Waals surface area contributed by atoms with Crippen molar-refractivity contribution >= 4 is 5.91 Å². The topological polar surface area (TPSA) is 80.1 Å². The molecule has 0 aromatic heterocycles. The van der Waals surface area contributed by atoms with Crippen molar-refractivity contribution in [1.82, 2.24) is 15.1 Å². The molecule has 0 radical (unpaired) electrons. The molecule has 2 saturated heterocycles. The Bertz CT molecular complexity index is 575. The average molecular weight is 348 g/mol. The minimum absolute atomic E-state index is 0.0991. The van der Waals surface area contributed by atoms with E-state index in [1.807, 2.05) is 29.2 Å². The Morgan fingerprint density at radius 1 is 1.28 bits per heavy atom. The number of ether oxygens (including phenoxy) is 2. The van der Waals surface area contributed by atoms with Crippen LogP contribution in [0.1, 0.15) is 6.42 Å². The number of nitrogens with zero attached hydrogens (tertiary/aromatic N) is 2. The lowest BCUT2D eigenvalue weighted by molar-refractivity contribution is -0.134. The zero-order valence-corrected chi connectivity index (χ0v) is 14.8. The van der Waals surface area contributed by atoms with Crippen LogP contribution in [-0.4, -0.2) is 80.8 Å². The van der Waals surface area contributed by atoms with Gasteiger partial charge in [-0.05, 0) is 18.6 Å². The van der Waals surface area contributed by atoms with E-state index in [-0.39, 0.29) is 18.0 Å². The molecule has 2 aliphatic heterocycles. The van der Waals surface area contributed by atoms with Crippen molar-refractivity contribution in [2.24, 2.45) is 5.73 Å². The van der Waals surface area contributed by atoms with E-state index >= 15 is 0 Å². The fraction of sp³-hybridized carbons (Fsp3) is 0.611. The highest BCUT2D eigenvalue weighted by Gasteiger charge is 2.31. The molecule has 2 atom stereocenters. The third-order valence-corrected chi connectivity index (χ3v) is 4.86. The van der Waals surface area contributed by atoms with E-state index in [4.69, 9.17) is 15.2 Å². The van der Waals surface area contributed by atoms with Crippen LogP contribution in [0.5, 0.6) is 11.5 Å². The van der Waals surface area contributed by atoms with E-state index in [0.717, 1.165) is 57.2 Å². The van der Waals surface area contributed by atoms with Gasteiger partial charge in [-0.1, -0.05) is 6.07 Å². The maximum atomic E-state index is 12.5. The fourth-order valence-corrected chi connectivity index (χ4v) is 3.35. The minimum atomic E-state index is -0.0991. The minimum Gasteiger partial charge on any atom is -0.497 e. The van der Waals surface area contributed by atoms with Gasteiger partial charge in [0, 0.05) is 51.4 Å². The van der Waals surface area contributed by atoms with Crippen molar-refractivity contribution in [2.75, 3.05) is 53.0 Å². The fourth-order valence-electron chi connectivity index (χ4n) is 3.35. The number of carbonyl (C=O) groups is 1. The molecule has 1 aromatic rings. The zero-order chi connectivity index (χ0) is 17.6. The van der Waals surface area contributed by atoms with Crippen LogP contribution in [0.25, 0.3) is 0 Å². The second kappa shape index (κ2) is 8.51. The first kappa shape index (κ1) is 18.0. The molecule has 2 aliphatic rings. The monoisotopic (exact) mass is 348 g/mol. The Kier molecular flexibility index (Phi) is 6.12. The van der Waals surface area contributed by atoms with Crippen molar-refractivity contribution in [3.8, 4) is 11.5 Å². The van der Waals surface area contributed by atoms with Crippen LogP contribution in [0.15, 0.2) is 24.3 Å². The van der Waals surface area contributed by atoms with E-state index in [9.17, 15) is 4.79 Å². The van der Waals surface area contributed by atoms with Crippen LogP contribution in [0.3, 0.4) is 0 Å². The van der Waals surface area contributed by atoms with Crippen LogP contribution in [-0.2, 0) is 4.79 Å². The first-order valence-corrected chi connectivity index (χ1v) is 8.92. The Morgan fingerprint density at radius 2 is 2.04 bits per heavy atom. The molecule has 7 nitrogen and oxygen atoms in total. The molecule has 2 heterocycles. The number of nitrogens with two attached hydrogens (primary N) is 1. The molecular weight excluding hydrogens is 320 g/mol. The van der Waals surface area contributed by atoms with Gasteiger partial charge in [0.2, 0.25) is 5.91 Å². The van der Waals surface area contributed by atoms with Gasteiger partial charge in [0.25, 0.3) is 0 Å². The van der Waals surface area contributed by atoms with Gasteiger partial charge in [0.05, 0.1) is 13.2 Å². The van der Waals surface area contributed by atoms with E-state index in [0.29, 0.717) is 6.61 Å². The van der Waals surface area contributed by atoms with Crippen molar-refractivity contribution < 1.29 is 14.3 Å². The normalized spacial score (nSPS) is 24.3. The quantitative estimate of drug-likeness (QED) is 0.748. The highest BCUT2D eigenvalue weighted by molar-refractivity contribution is 5.82. The average Bonchev–Trinajstić information content (AvgIpc) is 3.08. The second-order valence-electron chi connectivity index (χ2n) is 6.65. The number of carbonyl (C=O) groups excluding carboxylic acids is 1. The van der Waals surface area contributed by atoms with Gasteiger partial charge in [0.15, 0.2) is 0 Å². The first-order chi connectivity index (χ1) is 12.2. The number of hydrogen-bond donors (Lipinski definition) is 2. The highest BCUT2D eigenvalue weighted by atomic mass is 16.5. The van der Waals surface area contributed by atoms with Crippen molar-refractivity contribution in [3.05, 3.63) is 24.3 Å². The van der Waals surface area contributed by atoms with Gasteiger partial charge < -0.3 is 25.4 Å². The van der Waals surface area contributed by atoms with Crippen LogP contribution < -0.4 is 20.5 Å². The largest absolute Gasteiger partial charge is 0.497 e. The lowest BCUT2D eigenvalue weighted by Gasteiger charge is -2.35. The summed E-state index contributed by atoms with van der Waals surface area (Å²) in [4.78, 5) is 16.7. The summed E-state index contributed by atoms with van der Waals surface area (Å²) in [6.07, 6.45) is 0.743. The van der Waals surface area contributed by atoms with E-state index in [1.165, 1.54) is 0 Å². The molecule has 0 spiro atoms. The molecule has 0 aliphatic carbocycles. The number of piperazine rings is 1. The predicted octanol–water partition coefficient (Wildman–Crippen LogP) is -0.0926. The summed E-state index contributed by atoms with van der Waals surface area (Å²) >= 11 is 0. The van der Waals surface area contributed by atoms with E-state index in [2.05, 4.69) is 10.2 Å². The maximum Gasteiger partial charge on any atom is 0.239 e. The number of methoxy groups -OCH3 is 1. The molecule has 1 amide bonds. The molecule has 0 unspecified atom stereocenters. The summed E-state index contributed by atoms with van der Waals surface area (Å²) < 4.78 is 11.0. The Balaban J connectivity index is 1.37. The van der Waals surface area contributed by atoms with Gasteiger partial charge in [0.1, 0.15) is 18.1 Å². The van der Waals surface area contributed by atoms with Gasteiger partial charge in [-0.2, -0.15) is 0 Å². The maximum absolute atomic E-state index is 12.5. The lowest BCUT2D eigenvalue weighted by Crippen LogP contribution is -2.53. The summed E-state index contributed by atoms with van der Waals surface area (Å²) in [5.41, 5.74) is 5.87. The number of amides is 1. The van der Waals surface area contributed by atoms with Gasteiger partial charge in [-0.3, -0.25) is 9.69 Å². The molecular formula is C18H28N4O3. The smallest absolute Gasteiger partial charge is 0.239 e. The highest BCUT2D eigenvalue weighted by Crippen LogP contribution is 2.18. The Morgan fingerprint density at radius 3 is 2.72 bits per heavy atom. The lowest BCUT2D eigenvalue weighted by atomic mass is 10.1. The zero-order valence-electron chi connectivity index (χ0n) is 14.8. The van der Waals surface area contributed by atoms with E-state index < -0.39 is 0 Å². The standard InChI is InChI=1S/C18H28N4O3/c1-24-15-3-2-4-16(12-15)25-10-9-21-5-7-22(8-6-21)18(23)17-11-14(19)13-20-17/h2-4,12,14,17,20H,5-11,13,19H2,1H3/t14-,17+/m1/s1. The van der Waals surface area contributed by atoms with E-state index in [1.54, 1.807) is 7.11 Å². The Hall–Kier alpha value is -1.83. The molecule has 0 bridgehead atoms. The first-order valence-electron chi connectivity index (χ1n) is 8.92. The molecule has 138 valence electrons. The molecule has 3 rings (SSSR count). The van der Waals surface area contributed by atoms with Crippen molar-refractivity contribution in [2.45, 2.75) is 18.5 Å². The molecule has 3 N–H and O–H groups in total. The third kappa shape index (κ3) is 4.84. The molecule has 0 saturated carbocycles. The number of nitrogens with one attached hydrogen (secondary N) is 1. The molecule has 7 heteroatoms. The van der Waals surface area contributed by atoms with Crippen LogP contribution in [0.4, 0.5) is 0 Å². The van der Waals surface area contributed by atoms with Gasteiger partial charge >= 0.3 is 0 Å². The second-order valence-corrected chi connectivity index (χ2v) is 6.65. The van der Waals surface area contributed by atoms with Crippen LogP contribution >= 0.6 is 0 Å². The predicted molar refractivity (Wildman–Crippen MR) is 95.9 cm³/mol. The summed E-state index contributed by atoms with van der Waals surface area (Å²) in [7, 11) is 1.65. The van der Waals surface area contributed by atoms with Crippen LogP contribution in [0, 0.1) is 0 Å². The molecule has 25 heavy (non-hydrogen) atoms. The SMILES string of the molecule is COc1cccc(OCCN2CCN(C(=O)[C@@H]3C[C@@H](N)CN3)CC2)c1. The summed E-state index contributed by atoms with van der Waals surface area (Å²) in [6, 6.07) is 7.63. The number of rotatable bonds is 6. The summed E-state index contributed by atoms with van der Waals surface area (Å²) in [5, 5.41) is 3.22. The number of benzene rings is 1. The summed E-state index contributed by atoms with van der Waals surface area (Å²) in [6.45, 7) is 5.51.